The van der Waals surface area contributed by atoms with Crippen molar-refractivity contribution in [2.24, 2.45) is 0 Å². The van der Waals surface area contributed by atoms with Crippen LogP contribution >= 0.6 is 0 Å². The Balaban J connectivity index is 1.83. The molecule has 3 heterocycles. The maximum absolute atomic E-state index is 14.3. The highest BCUT2D eigenvalue weighted by Crippen LogP contribution is 2.34. The molecule has 2 aromatic heterocycles. The van der Waals surface area contributed by atoms with Crippen molar-refractivity contribution in [2.75, 3.05) is 0 Å². The first-order valence-electron chi connectivity index (χ1n) is 8.05. The molecular formula is C17H13F3N4O3. The molecule has 0 aliphatic carbocycles. The SMILES string of the molecule is O=C(O)N[C@H]1Cn2c(nc3cc[n+]([O-])cc32)C[C@@H]1c1cc(F)c(F)cc1F. The van der Waals surface area contributed by atoms with Gasteiger partial charge < -0.3 is 20.2 Å². The Morgan fingerprint density at radius 2 is 2.04 bits per heavy atom. The molecule has 0 saturated heterocycles. The number of nitrogens with zero attached hydrogens (tertiary/aromatic N) is 3. The highest BCUT2D eigenvalue weighted by atomic mass is 19.2. The van der Waals surface area contributed by atoms with E-state index in [-0.39, 0.29) is 18.5 Å². The number of rotatable bonds is 2. The number of carboxylic acid groups (broad SMARTS) is 1. The second-order valence-corrected chi connectivity index (χ2v) is 6.37. The Kier molecular flexibility index (Phi) is 3.90. The molecule has 2 N–H and O–H groups in total. The predicted octanol–water partition coefficient (Wildman–Crippen LogP) is 2.06. The Labute approximate surface area is 150 Å². The van der Waals surface area contributed by atoms with Crippen molar-refractivity contribution in [3.05, 3.63) is 64.6 Å². The summed E-state index contributed by atoms with van der Waals surface area (Å²) in [7, 11) is 0. The monoisotopic (exact) mass is 378 g/mol. The van der Waals surface area contributed by atoms with E-state index in [1.807, 2.05) is 0 Å². The van der Waals surface area contributed by atoms with Gasteiger partial charge in [0.25, 0.3) is 0 Å². The highest BCUT2D eigenvalue weighted by molar-refractivity contribution is 5.74. The van der Waals surface area contributed by atoms with Gasteiger partial charge in [-0.2, -0.15) is 4.73 Å². The van der Waals surface area contributed by atoms with Crippen LogP contribution in [0.4, 0.5) is 18.0 Å². The summed E-state index contributed by atoms with van der Waals surface area (Å²) in [4.78, 5) is 15.6. The van der Waals surface area contributed by atoms with E-state index in [4.69, 9.17) is 5.11 Å². The molecule has 140 valence electrons. The van der Waals surface area contributed by atoms with Crippen LogP contribution in [0.15, 0.2) is 30.6 Å². The number of halogens is 3. The van der Waals surface area contributed by atoms with Gasteiger partial charge in [0.2, 0.25) is 6.20 Å². The summed E-state index contributed by atoms with van der Waals surface area (Å²) in [6, 6.07) is 1.88. The Bertz CT molecular complexity index is 1070. The number of carbonyl (C=O) groups is 1. The fourth-order valence-electron chi connectivity index (χ4n) is 3.58. The summed E-state index contributed by atoms with van der Waals surface area (Å²) in [5.74, 6) is -3.79. The van der Waals surface area contributed by atoms with E-state index in [1.165, 1.54) is 18.5 Å². The zero-order valence-electron chi connectivity index (χ0n) is 13.7. The first-order chi connectivity index (χ1) is 12.8. The minimum Gasteiger partial charge on any atom is -0.619 e. The number of aromatic nitrogens is 3. The average molecular weight is 378 g/mol. The summed E-state index contributed by atoms with van der Waals surface area (Å²) < 4.78 is 43.5. The third-order valence-electron chi connectivity index (χ3n) is 4.76. The molecule has 1 aliphatic rings. The van der Waals surface area contributed by atoms with Gasteiger partial charge >= 0.3 is 6.09 Å². The molecule has 0 fully saturated rings. The number of hydrogen-bond acceptors (Lipinski definition) is 3. The summed E-state index contributed by atoms with van der Waals surface area (Å²) in [5, 5.41) is 23.0. The van der Waals surface area contributed by atoms with E-state index in [9.17, 15) is 23.2 Å². The second-order valence-electron chi connectivity index (χ2n) is 6.37. The molecule has 7 nitrogen and oxygen atoms in total. The van der Waals surface area contributed by atoms with Gasteiger partial charge in [-0.1, -0.05) is 0 Å². The van der Waals surface area contributed by atoms with Crippen molar-refractivity contribution < 1.29 is 27.8 Å². The molecule has 3 aromatic rings. The van der Waals surface area contributed by atoms with Crippen molar-refractivity contribution in [3.63, 3.8) is 0 Å². The summed E-state index contributed by atoms with van der Waals surface area (Å²) in [6.45, 7) is 0.0608. The quantitative estimate of drug-likeness (QED) is 0.406. The van der Waals surface area contributed by atoms with Gasteiger partial charge in [-0.25, -0.2) is 22.9 Å². The zero-order chi connectivity index (χ0) is 19.3. The fraction of sp³-hybridized carbons (Fsp3) is 0.235. The molecule has 0 spiro atoms. The maximum Gasteiger partial charge on any atom is 0.404 e. The summed E-state index contributed by atoms with van der Waals surface area (Å²) in [5.41, 5.74) is 0.895. The van der Waals surface area contributed by atoms with Gasteiger partial charge in [-0.05, 0) is 11.6 Å². The second kappa shape index (κ2) is 6.15. The molecule has 0 saturated carbocycles. The van der Waals surface area contributed by atoms with Crippen LogP contribution in [-0.4, -0.2) is 26.8 Å². The lowest BCUT2D eigenvalue weighted by Gasteiger charge is -2.32. The maximum atomic E-state index is 14.3. The molecule has 0 radical (unpaired) electrons. The van der Waals surface area contributed by atoms with Crippen LogP contribution in [-0.2, 0) is 13.0 Å². The number of fused-ring (bicyclic) bond motifs is 3. The molecule has 0 unspecified atom stereocenters. The topological polar surface area (TPSA) is 94.1 Å². The molecule has 1 aromatic carbocycles. The minimum atomic E-state index is -1.33. The Hall–Kier alpha value is -3.30. The number of benzene rings is 1. The zero-order valence-corrected chi connectivity index (χ0v) is 13.7. The molecule has 1 aliphatic heterocycles. The van der Waals surface area contributed by atoms with E-state index in [0.29, 0.717) is 27.7 Å². The van der Waals surface area contributed by atoms with Crippen molar-refractivity contribution in [2.45, 2.75) is 24.9 Å². The molecule has 1 amide bonds. The first kappa shape index (κ1) is 17.1. The fourth-order valence-corrected chi connectivity index (χ4v) is 3.58. The van der Waals surface area contributed by atoms with Crippen LogP contribution < -0.4 is 10.0 Å². The van der Waals surface area contributed by atoms with Gasteiger partial charge in [0.15, 0.2) is 17.8 Å². The first-order valence-corrected chi connectivity index (χ1v) is 8.05. The molecule has 0 bridgehead atoms. The van der Waals surface area contributed by atoms with Crippen molar-refractivity contribution in [3.8, 4) is 0 Å². The lowest BCUT2D eigenvalue weighted by molar-refractivity contribution is -0.604. The van der Waals surface area contributed by atoms with Gasteiger partial charge in [0.1, 0.15) is 22.7 Å². The number of nitrogens with one attached hydrogen (secondary N) is 1. The Morgan fingerprint density at radius 1 is 1.30 bits per heavy atom. The van der Waals surface area contributed by atoms with Crippen LogP contribution in [0, 0.1) is 22.7 Å². The van der Waals surface area contributed by atoms with Crippen LogP contribution in [0.1, 0.15) is 17.3 Å². The van der Waals surface area contributed by atoms with E-state index < -0.39 is 35.5 Å². The Morgan fingerprint density at radius 3 is 2.78 bits per heavy atom. The van der Waals surface area contributed by atoms with Crippen LogP contribution in [0.5, 0.6) is 0 Å². The number of pyridine rings is 1. The predicted molar refractivity (Wildman–Crippen MR) is 86.4 cm³/mol. The van der Waals surface area contributed by atoms with Gasteiger partial charge in [-0.3, -0.25) is 0 Å². The van der Waals surface area contributed by atoms with Gasteiger partial charge in [-0.15, -0.1) is 0 Å². The van der Waals surface area contributed by atoms with E-state index >= 15 is 0 Å². The van der Waals surface area contributed by atoms with Crippen LogP contribution in [0.25, 0.3) is 11.0 Å². The lowest BCUT2D eigenvalue weighted by Crippen LogP contribution is -2.45. The number of imidazole rings is 1. The minimum absolute atomic E-state index is 0.0608. The summed E-state index contributed by atoms with van der Waals surface area (Å²) >= 11 is 0. The highest BCUT2D eigenvalue weighted by Gasteiger charge is 2.35. The molecule has 27 heavy (non-hydrogen) atoms. The van der Waals surface area contributed by atoms with E-state index in [1.54, 1.807) is 4.57 Å². The van der Waals surface area contributed by atoms with Crippen molar-refractivity contribution >= 4 is 17.1 Å². The van der Waals surface area contributed by atoms with Crippen molar-refractivity contribution in [1.82, 2.24) is 14.9 Å². The van der Waals surface area contributed by atoms with E-state index in [0.717, 1.165) is 6.07 Å². The largest absolute Gasteiger partial charge is 0.619 e. The molecular weight excluding hydrogens is 365 g/mol. The van der Waals surface area contributed by atoms with Crippen LogP contribution in [0.3, 0.4) is 0 Å². The molecule has 10 heteroatoms. The van der Waals surface area contributed by atoms with Gasteiger partial charge in [0, 0.05) is 31.0 Å². The van der Waals surface area contributed by atoms with Crippen molar-refractivity contribution in [1.29, 1.82) is 0 Å². The van der Waals surface area contributed by atoms with E-state index in [2.05, 4.69) is 10.3 Å². The molecule has 2 atom stereocenters. The molecule has 4 rings (SSSR count). The third-order valence-corrected chi connectivity index (χ3v) is 4.76. The number of amides is 1. The van der Waals surface area contributed by atoms with Crippen LogP contribution in [0.2, 0.25) is 0 Å². The normalized spacial score (nSPS) is 19.1. The third kappa shape index (κ3) is 2.92. The lowest BCUT2D eigenvalue weighted by atomic mass is 9.85. The smallest absolute Gasteiger partial charge is 0.404 e. The van der Waals surface area contributed by atoms with Gasteiger partial charge in [0.05, 0.1) is 6.04 Å². The number of hydrogen-bond donors (Lipinski definition) is 2. The average Bonchev–Trinajstić information content (AvgIpc) is 2.94. The standard InChI is InChI=1S/C17H13F3N4O3/c18-10-5-12(20)11(19)3-8(10)9-4-16-21-13-1-2-23(27)7-15(13)24(16)6-14(9)22-17(25)26/h1-3,5,7,9,14,22H,4,6H2,(H,25,26)/t9-,14+/m1/s1. The summed E-state index contributed by atoms with van der Waals surface area (Å²) in [6.07, 6.45) is 1.34.